The van der Waals surface area contributed by atoms with E-state index in [2.05, 4.69) is 4.74 Å². The number of hydrogen-bond donors (Lipinski definition) is 1. The van der Waals surface area contributed by atoms with Gasteiger partial charge in [-0.05, 0) is 19.3 Å². The molecule has 0 heterocycles. The number of esters is 1. The van der Waals surface area contributed by atoms with Gasteiger partial charge < -0.3 is 9.84 Å². The molecule has 1 aliphatic carbocycles. The van der Waals surface area contributed by atoms with Crippen LogP contribution in [0.2, 0.25) is 0 Å². The molecule has 4 heteroatoms. The van der Waals surface area contributed by atoms with Crippen LogP contribution in [0, 0.1) is 0 Å². The minimum atomic E-state index is -0.900. The largest absolute Gasteiger partial charge is 0.478 e. The second kappa shape index (κ2) is 5.90. The highest BCUT2D eigenvalue weighted by atomic mass is 16.5. The van der Waals surface area contributed by atoms with E-state index in [1.807, 2.05) is 0 Å². The van der Waals surface area contributed by atoms with Gasteiger partial charge in [0.1, 0.15) is 0 Å². The van der Waals surface area contributed by atoms with Gasteiger partial charge in [0.05, 0.1) is 12.7 Å². The highest BCUT2D eigenvalue weighted by Gasteiger charge is 2.09. The maximum atomic E-state index is 11.3. The molecule has 0 atom stereocenters. The van der Waals surface area contributed by atoms with Gasteiger partial charge in [-0.15, -0.1) is 0 Å². The zero-order valence-electron chi connectivity index (χ0n) is 9.10. The summed E-state index contributed by atoms with van der Waals surface area (Å²) in [6.45, 7) is 0. The van der Waals surface area contributed by atoms with Crippen molar-refractivity contribution in [1.29, 1.82) is 0 Å². The molecular formula is C12H14O4. The van der Waals surface area contributed by atoms with E-state index in [1.54, 1.807) is 24.3 Å². The lowest BCUT2D eigenvalue weighted by atomic mass is 10.1. The van der Waals surface area contributed by atoms with Crippen LogP contribution in [0.25, 0.3) is 0 Å². The minimum Gasteiger partial charge on any atom is -0.478 e. The van der Waals surface area contributed by atoms with Crippen molar-refractivity contribution in [3.8, 4) is 0 Å². The summed E-state index contributed by atoms with van der Waals surface area (Å²) >= 11 is 0. The summed E-state index contributed by atoms with van der Waals surface area (Å²) in [5.74, 6) is -1.29. The molecule has 0 spiro atoms. The Labute approximate surface area is 93.9 Å². The molecule has 0 saturated heterocycles. The number of carbonyl (C=O) groups excluding carboxylic acids is 1. The number of hydrogen-bond acceptors (Lipinski definition) is 3. The molecule has 1 N–H and O–H groups in total. The number of aliphatic carboxylic acids is 1. The maximum Gasteiger partial charge on any atom is 0.337 e. The Kier molecular flexibility index (Phi) is 4.51. The van der Waals surface area contributed by atoms with Crippen LogP contribution in [0.5, 0.6) is 0 Å². The summed E-state index contributed by atoms with van der Waals surface area (Å²) in [4.78, 5) is 22.1. The Morgan fingerprint density at radius 2 is 2.12 bits per heavy atom. The standard InChI is InChI=1S/C12H14O4/c1-16-12(15)10-6-3-2-5-9(11(13)14)7-4-8-10/h3,5-6,8H,2,4,7H2,1H3,(H,13,14)/b6-3-,9-5+,10-8+. The number of carbonyl (C=O) groups is 2. The van der Waals surface area contributed by atoms with Crippen molar-refractivity contribution in [2.75, 3.05) is 7.11 Å². The lowest BCUT2D eigenvalue weighted by Gasteiger charge is -2.00. The first-order chi connectivity index (χ1) is 7.65. The van der Waals surface area contributed by atoms with Crippen molar-refractivity contribution < 1.29 is 19.4 Å². The molecule has 1 aliphatic rings. The van der Waals surface area contributed by atoms with Crippen molar-refractivity contribution in [2.45, 2.75) is 19.3 Å². The molecule has 0 unspecified atom stereocenters. The summed E-state index contributed by atoms with van der Waals surface area (Å²) in [5.41, 5.74) is 0.856. The molecule has 0 fully saturated rings. The topological polar surface area (TPSA) is 63.6 Å². The zero-order valence-corrected chi connectivity index (χ0v) is 9.10. The second-order valence-corrected chi connectivity index (χ2v) is 3.36. The van der Waals surface area contributed by atoms with Gasteiger partial charge in [-0.2, -0.15) is 0 Å². The van der Waals surface area contributed by atoms with Crippen molar-refractivity contribution >= 4 is 11.9 Å². The molecule has 0 aliphatic heterocycles. The van der Waals surface area contributed by atoms with Gasteiger partial charge in [0.2, 0.25) is 0 Å². The molecule has 4 nitrogen and oxygen atoms in total. The molecule has 0 aromatic heterocycles. The summed E-state index contributed by atoms with van der Waals surface area (Å²) < 4.78 is 4.61. The fourth-order valence-electron chi connectivity index (χ4n) is 1.42. The fourth-order valence-corrected chi connectivity index (χ4v) is 1.42. The minimum absolute atomic E-state index is 0.381. The summed E-state index contributed by atoms with van der Waals surface area (Å²) in [6, 6.07) is 0. The molecule has 0 bridgehead atoms. The zero-order chi connectivity index (χ0) is 12.0. The quantitative estimate of drug-likeness (QED) is 0.724. The highest BCUT2D eigenvalue weighted by molar-refractivity contribution is 5.91. The van der Waals surface area contributed by atoms with Crippen LogP contribution in [0.15, 0.2) is 35.5 Å². The van der Waals surface area contributed by atoms with Crippen LogP contribution < -0.4 is 0 Å². The van der Waals surface area contributed by atoms with E-state index in [4.69, 9.17) is 5.11 Å². The molecule has 86 valence electrons. The predicted octanol–water partition coefficient (Wildman–Crippen LogP) is 1.84. The van der Waals surface area contributed by atoms with Gasteiger partial charge in [-0.1, -0.05) is 24.3 Å². The smallest absolute Gasteiger partial charge is 0.337 e. The molecule has 0 amide bonds. The molecule has 1 rings (SSSR count). The number of methoxy groups -OCH3 is 1. The van der Waals surface area contributed by atoms with Crippen LogP contribution in [0.1, 0.15) is 19.3 Å². The Morgan fingerprint density at radius 1 is 1.38 bits per heavy atom. The summed E-state index contributed by atoms with van der Waals surface area (Å²) in [6.07, 6.45) is 8.22. The molecule has 0 saturated carbocycles. The van der Waals surface area contributed by atoms with Crippen LogP contribution in [0.3, 0.4) is 0 Å². The average Bonchev–Trinajstić information content (AvgIpc) is 2.39. The molecule has 16 heavy (non-hydrogen) atoms. The molecule has 0 aromatic carbocycles. The van der Waals surface area contributed by atoms with E-state index in [1.165, 1.54) is 7.11 Å². The highest BCUT2D eigenvalue weighted by Crippen LogP contribution is 2.13. The van der Waals surface area contributed by atoms with Crippen LogP contribution in [-0.2, 0) is 14.3 Å². The van der Waals surface area contributed by atoms with Crippen LogP contribution in [0.4, 0.5) is 0 Å². The molecule has 0 aromatic rings. The molecule has 0 radical (unpaired) electrons. The van der Waals surface area contributed by atoms with Crippen LogP contribution in [-0.4, -0.2) is 24.2 Å². The Morgan fingerprint density at radius 3 is 2.75 bits per heavy atom. The van der Waals surface area contributed by atoms with E-state index in [0.717, 1.165) is 0 Å². The average molecular weight is 222 g/mol. The predicted molar refractivity (Wildman–Crippen MR) is 58.8 cm³/mol. The number of rotatable bonds is 2. The van der Waals surface area contributed by atoms with Gasteiger partial charge in [-0.3, -0.25) is 0 Å². The van der Waals surface area contributed by atoms with Gasteiger partial charge in [0, 0.05) is 5.57 Å². The monoisotopic (exact) mass is 222 g/mol. The lowest BCUT2D eigenvalue weighted by Crippen LogP contribution is -2.03. The third kappa shape index (κ3) is 3.38. The lowest BCUT2D eigenvalue weighted by molar-refractivity contribution is -0.135. The first-order valence-corrected chi connectivity index (χ1v) is 5.02. The Balaban J connectivity index is 2.79. The van der Waals surface area contributed by atoms with Crippen molar-refractivity contribution in [3.05, 3.63) is 35.5 Å². The van der Waals surface area contributed by atoms with Gasteiger partial charge in [0.15, 0.2) is 0 Å². The normalized spacial score (nSPS) is 24.8. The van der Waals surface area contributed by atoms with Crippen molar-refractivity contribution in [1.82, 2.24) is 0 Å². The Hall–Kier alpha value is -1.84. The van der Waals surface area contributed by atoms with Gasteiger partial charge in [0.25, 0.3) is 0 Å². The third-order valence-corrected chi connectivity index (χ3v) is 2.27. The second-order valence-electron chi connectivity index (χ2n) is 3.36. The number of ether oxygens (including phenoxy) is 1. The summed E-state index contributed by atoms with van der Waals surface area (Å²) in [7, 11) is 1.32. The van der Waals surface area contributed by atoms with Gasteiger partial charge >= 0.3 is 11.9 Å². The number of allylic oxidation sites excluding steroid dienone is 3. The Bertz CT molecular complexity index is 374. The van der Waals surface area contributed by atoms with Crippen molar-refractivity contribution in [3.63, 3.8) is 0 Å². The molecular weight excluding hydrogens is 208 g/mol. The van der Waals surface area contributed by atoms with E-state index < -0.39 is 11.9 Å². The number of carboxylic acids is 1. The number of carboxylic acid groups (broad SMARTS) is 1. The van der Waals surface area contributed by atoms with E-state index in [9.17, 15) is 9.59 Å². The van der Waals surface area contributed by atoms with E-state index in [0.29, 0.717) is 30.4 Å². The first-order valence-electron chi connectivity index (χ1n) is 5.02. The SMILES string of the molecule is COC(=O)C1=C/CC/C(C(=O)O)=C\C/C=C\1. The third-order valence-electron chi connectivity index (χ3n) is 2.27. The maximum absolute atomic E-state index is 11.3. The first kappa shape index (κ1) is 12.2. The summed E-state index contributed by atoms with van der Waals surface area (Å²) in [5, 5.41) is 8.86. The van der Waals surface area contributed by atoms with E-state index >= 15 is 0 Å². The van der Waals surface area contributed by atoms with Gasteiger partial charge in [-0.25, -0.2) is 9.59 Å². The van der Waals surface area contributed by atoms with Crippen LogP contribution >= 0.6 is 0 Å². The fraction of sp³-hybridized carbons (Fsp3) is 0.333. The van der Waals surface area contributed by atoms with E-state index in [-0.39, 0.29) is 0 Å². The van der Waals surface area contributed by atoms with Crippen molar-refractivity contribution in [2.24, 2.45) is 0 Å².